The predicted octanol–water partition coefficient (Wildman–Crippen LogP) is 4.62. The van der Waals surface area contributed by atoms with E-state index in [0.717, 1.165) is 50.1 Å². The Bertz CT molecular complexity index is 945. The first-order valence-electron chi connectivity index (χ1n) is 10.6. The molecule has 156 valence electrons. The third kappa shape index (κ3) is 4.87. The number of ether oxygens (including phenoxy) is 1. The molecule has 3 heterocycles. The van der Waals surface area contributed by atoms with Gasteiger partial charge in [-0.3, -0.25) is 9.78 Å². The van der Waals surface area contributed by atoms with Crippen LogP contribution in [0, 0.1) is 5.92 Å². The van der Waals surface area contributed by atoms with Gasteiger partial charge in [-0.2, -0.15) is 0 Å². The lowest BCUT2D eigenvalue weighted by atomic mass is 9.90. The smallest absolute Gasteiger partial charge is 0.276 e. The Morgan fingerprint density at radius 2 is 1.87 bits per heavy atom. The molecular weight excluding hydrogens is 378 g/mol. The molecule has 0 spiro atoms. The van der Waals surface area contributed by atoms with Crippen molar-refractivity contribution < 1.29 is 14.1 Å². The van der Waals surface area contributed by atoms with Crippen molar-refractivity contribution in [3.8, 4) is 17.1 Å². The third-order valence-electron chi connectivity index (χ3n) is 5.67. The minimum absolute atomic E-state index is 0.0518. The zero-order chi connectivity index (χ0) is 20.8. The van der Waals surface area contributed by atoms with Crippen LogP contribution in [-0.4, -0.2) is 40.6 Å². The number of aryl methyl sites for hydroxylation is 1. The Labute approximate surface area is 176 Å². The van der Waals surface area contributed by atoms with E-state index < -0.39 is 0 Å². The van der Waals surface area contributed by atoms with Gasteiger partial charge in [-0.05, 0) is 68.4 Å². The lowest BCUT2D eigenvalue weighted by Gasteiger charge is -2.31. The standard InChI is InChI=1S/C24H27N3O3/c1-2-29-21-7-5-18(6-8-21)3-4-19-11-15-27(16-12-19)24(28)22-17-23(30-26-22)20-9-13-25-14-10-20/h5-10,13-14,17,19H,2-4,11-12,15-16H2,1H3. The molecular formula is C24H27N3O3. The van der Waals surface area contributed by atoms with E-state index in [-0.39, 0.29) is 5.91 Å². The van der Waals surface area contributed by atoms with Crippen LogP contribution in [0.4, 0.5) is 0 Å². The van der Waals surface area contributed by atoms with Gasteiger partial charge in [0.2, 0.25) is 0 Å². The molecule has 0 bridgehead atoms. The van der Waals surface area contributed by atoms with Crippen LogP contribution >= 0.6 is 0 Å². The Kier molecular flexibility index (Phi) is 6.42. The molecule has 1 fully saturated rings. The van der Waals surface area contributed by atoms with E-state index in [1.54, 1.807) is 18.5 Å². The fourth-order valence-corrected chi connectivity index (χ4v) is 3.90. The van der Waals surface area contributed by atoms with Crippen LogP contribution in [0.1, 0.15) is 42.2 Å². The normalized spacial score (nSPS) is 14.6. The molecule has 0 atom stereocenters. The summed E-state index contributed by atoms with van der Waals surface area (Å²) in [5.74, 6) is 2.10. The molecule has 0 aliphatic carbocycles. The third-order valence-corrected chi connectivity index (χ3v) is 5.67. The van der Waals surface area contributed by atoms with E-state index in [2.05, 4.69) is 22.3 Å². The van der Waals surface area contributed by atoms with E-state index in [1.165, 1.54) is 5.56 Å². The largest absolute Gasteiger partial charge is 0.494 e. The minimum Gasteiger partial charge on any atom is -0.494 e. The summed E-state index contributed by atoms with van der Waals surface area (Å²) < 4.78 is 10.9. The highest BCUT2D eigenvalue weighted by molar-refractivity contribution is 5.93. The number of hydrogen-bond donors (Lipinski definition) is 0. The van der Waals surface area contributed by atoms with Gasteiger partial charge in [0.05, 0.1) is 6.61 Å². The van der Waals surface area contributed by atoms with Crippen molar-refractivity contribution in [3.05, 3.63) is 66.1 Å². The van der Waals surface area contributed by atoms with Crippen molar-refractivity contribution in [1.82, 2.24) is 15.0 Å². The molecule has 3 aromatic rings. The minimum atomic E-state index is -0.0518. The zero-order valence-electron chi connectivity index (χ0n) is 17.3. The molecule has 1 amide bonds. The van der Waals surface area contributed by atoms with Gasteiger partial charge in [0.1, 0.15) is 5.75 Å². The molecule has 0 saturated carbocycles. The Morgan fingerprint density at radius 1 is 1.13 bits per heavy atom. The van der Waals surface area contributed by atoms with Crippen LogP contribution in [-0.2, 0) is 6.42 Å². The summed E-state index contributed by atoms with van der Waals surface area (Å²) in [6, 6.07) is 13.8. The number of aromatic nitrogens is 2. The fraction of sp³-hybridized carbons (Fsp3) is 0.375. The highest BCUT2D eigenvalue weighted by atomic mass is 16.5. The first-order chi connectivity index (χ1) is 14.7. The number of pyridine rings is 1. The van der Waals surface area contributed by atoms with Gasteiger partial charge in [-0.25, -0.2) is 0 Å². The van der Waals surface area contributed by atoms with Gasteiger partial charge in [-0.15, -0.1) is 0 Å². The number of likely N-dealkylation sites (tertiary alicyclic amines) is 1. The molecule has 6 nitrogen and oxygen atoms in total. The molecule has 30 heavy (non-hydrogen) atoms. The van der Waals surface area contributed by atoms with Gasteiger partial charge in [0.15, 0.2) is 11.5 Å². The molecule has 4 rings (SSSR count). The second-order valence-corrected chi connectivity index (χ2v) is 7.66. The fourth-order valence-electron chi connectivity index (χ4n) is 3.90. The van der Waals surface area contributed by atoms with E-state index in [1.807, 2.05) is 36.1 Å². The number of rotatable bonds is 7. The van der Waals surface area contributed by atoms with E-state index in [9.17, 15) is 4.79 Å². The second-order valence-electron chi connectivity index (χ2n) is 7.66. The first-order valence-corrected chi connectivity index (χ1v) is 10.6. The average Bonchev–Trinajstić information content (AvgIpc) is 3.30. The lowest BCUT2D eigenvalue weighted by molar-refractivity contribution is 0.0676. The van der Waals surface area contributed by atoms with Crippen molar-refractivity contribution in [1.29, 1.82) is 0 Å². The number of nitrogens with zero attached hydrogens (tertiary/aromatic N) is 3. The monoisotopic (exact) mass is 405 g/mol. The lowest BCUT2D eigenvalue weighted by Crippen LogP contribution is -2.38. The molecule has 1 aliphatic heterocycles. The van der Waals surface area contributed by atoms with Crippen LogP contribution in [0.2, 0.25) is 0 Å². The van der Waals surface area contributed by atoms with Crippen LogP contribution in [0.3, 0.4) is 0 Å². The number of carbonyl (C=O) groups excluding carboxylic acids is 1. The van der Waals surface area contributed by atoms with Gasteiger partial charge in [-0.1, -0.05) is 17.3 Å². The summed E-state index contributed by atoms with van der Waals surface area (Å²) in [7, 11) is 0. The van der Waals surface area contributed by atoms with Crippen molar-refractivity contribution in [2.45, 2.75) is 32.6 Å². The molecule has 0 N–H and O–H groups in total. The maximum atomic E-state index is 12.8. The summed E-state index contributed by atoms with van der Waals surface area (Å²) >= 11 is 0. The van der Waals surface area contributed by atoms with Crippen molar-refractivity contribution in [2.24, 2.45) is 5.92 Å². The van der Waals surface area contributed by atoms with Crippen molar-refractivity contribution >= 4 is 5.91 Å². The Morgan fingerprint density at radius 3 is 2.57 bits per heavy atom. The SMILES string of the molecule is CCOc1ccc(CCC2CCN(C(=O)c3cc(-c4ccncc4)on3)CC2)cc1. The number of carbonyl (C=O) groups is 1. The summed E-state index contributed by atoms with van der Waals surface area (Å²) in [6.45, 7) is 4.22. The zero-order valence-corrected chi connectivity index (χ0v) is 17.3. The van der Waals surface area contributed by atoms with Crippen LogP contribution < -0.4 is 4.74 Å². The highest BCUT2D eigenvalue weighted by Crippen LogP contribution is 2.25. The van der Waals surface area contributed by atoms with Crippen molar-refractivity contribution in [3.63, 3.8) is 0 Å². The summed E-state index contributed by atoms with van der Waals surface area (Å²) in [4.78, 5) is 18.7. The first kappa shape index (κ1) is 20.1. The highest BCUT2D eigenvalue weighted by Gasteiger charge is 2.25. The summed E-state index contributed by atoms with van der Waals surface area (Å²) in [6.07, 6.45) is 7.64. The van der Waals surface area contributed by atoms with Gasteiger partial charge in [0, 0.05) is 37.1 Å². The quantitative estimate of drug-likeness (QED) is 0.574. The number of hydrogen-bond acceptors (Lipinski definition) is 5. The van der Waals surface area contributed by atoms with Crippen LogP contribution in [0.25, 0.3) is 11.3 Å². The molecule has 6 heteroatoms. The topological polar surface area (TPSA) is 68.5 Å². The predicted molar refractivity (Wildman–Crippen MR) is 114 cm³/mol. The molecule has 0 radical (unpaired) electrons. The summed E-state index contributed by atoms with van der Waals surface area (Å²) in [5, 5.41) is 3.99. The maximum absolute atomic E-state index is 12.8. The van der Waals surface area contributed by atoms with E-state index in [0.29, 0.717) is 24.0 Å². The Balaban J connectivity index is 1.26. The van der Waals surface area contributed by atoms with Crippen LogP contribution in [0.15, 0.2) is 59.4 Å². The van der Waals surface area contributed by atoms with Crippen LogP contribution in [0.5, 0.6) is 5.75 Å². The van der Waals surface area contributed by atoms with Gasteiger partial charge < -0.3 is 14.2 Å². The maximum Gasteiger partial charge on any atom is 0.276 e. The number of piperidine rings is 1. The molecule has 1 saturated heterocycles. The van der Waals surface area contributed by atoms with Crippen molar-refractivity contribution in [2.75, 3.05) is 19.7 Å². The second kappa shape index (κ2) is 9.57. The molecule has 2 aromatic heterocycles. The van der Waals surface area contributed by atoms with Gasteiger partial charge in [0.25, 0.3) is 5.91 Å². The van der Waals surface area contributed by atoms with E-state index >= 15 is 0 Å². The Hall–Kier alpha value is -3.15. The number of benzene rings is 1. The molecule has 0 unspecified atom stereocenters. The molecule has 1 aromatic carbocycles. The van der Waals surface area contributed by atoms with E-state index in [4.69, 9.17) is 9.26 Å². The summed E-state index contributed by atoms with van der Waals surface area (Å²) in [5.41, 5.74) is 2.57. The number of amides is 1. The van der Waals surface area contributed by atoms with Gasteiger partial charge >= 0.3 is 0 Å². The average molecular weight is 405 g/mol. The molecule has 1 aliphatic rings.